The number of fused-ring (bicyclic) bond motifs is 1. The van der Waals surface area contributed by atoms with Crippen molar-refractivity contribution in [3.05, 3.63) is 34.7 Å². The van der Waals surface area contributed by atoms with Gasteiger partial charge in [-0.25, -0.2) is 14.1 Å². The summed E-state index contributed by atoms with van der Waals surface area (Å²) in [6, 6.07) is 0.0709. The topological polar surface area (TPSA) is 102 Å². The molecular formula is C18H21FN6O2. The zero-order valence-electron chi connectivity index (χ0n) is 15.1. The first-order valence-electron chi connectivity index (χ1n) is 9.44. The Morgan fingerprint density at radius 1 is 1.26 bits per heavy atom. The highest BCUT2D eigenvalue weighted by atomic mass is 19.1. The van der Waals surface area contributed by atoms with Gasteiger partial charge in [0.1, 0.15) is 16.9 Å². The summed E-state index contributed by atoms with van der Waals surface area (Å²) in [4.78, 5) is 20.2. The molecule has 0 bridgehead atoms. The summed E-state index contributed by atoms with van der Waals surface area (Å²) in [7, 11) is 0. The van der Waals surface area contributed by atoms with E-state index in [0.717, 1.165) is 12.8 Å². The van der Waals surface area contributed by atoms with Gasteiger partial charge in [0.2, 0.25) is 12.3 Å². The Labute approximate surface area is 154 Å². The molecule has 0 aromatic carbocycles. The average Bonchev–Trinajstić information content (AvgIpc) is 3.24. The summed E-state index contributed by atoms with van der Waals surface area (Å²) >= 11 is 0. The number of aromatic amines is 1. The van der Waals surface area contributed by atoms with Gasteiger partial charge in [-0.3, -0.25) is 4.79 Å². The molecular weight excluding hydrogens is 351 g/mol. The van der Waals surface area contributed by atoms with Crippen LogP contribution >= 0.6 is 0 Å². The molecule has 0 saturated heterocycles. The molecule has 2 atom stereocenters. The Bertz CT molecular complexity index is 1010. The fraction of sp³-hybridized carbons (Fsp3) is 0.611. The van der Waals surface area contributed by atoms with Crippen molar-refractivity contribution in [2.75, 3.05) is 0 Å². The van der Waals surface area contributed by atoms with Gasteiger partial charge in [0.15, 0.2) is 5.65 Å². The SMILES string of the molecule is CC1(F)CCC(n2ncc3c(=O)[nH]c(C4CCC4c4nnco4)nc32)CC1. The van der Waals surface area contributed by atoms with Crippen molar-refractivity contribution in [1.82, 2.24) is 29.9 Å². The number of rotatable bonds is 3. The first-order valence-corrected chi connectivity index (χ1v) is 9.44. The van der Waals surface area contributed by atoms with Gasteiger partial charge in [0.25, 0.3) is 5.56 Å². The third-order valence-electron chi connectivity index (χ3n) is 6.14. The molecule has 5 rings (SSSR count). The van der Waals surface area contributed by atoms with Crippen molar-refractivity contribution in [1.29, 1.82) is 0 Å². The number of halogens is 1. The molecule has 2 aliphatic rings. The van der Waals surface area contributed by atoms with Gasteiger partial charge >= 0.3 is 0 Å². The van der Waals surface area contributed by atoms with Crippen LogP contribution in [0.15, 0.2) is 21.8 Å². The highest BCUT2D eigenvalue weighted by Gasteiger charge is 2.39. The molecule has 142 valence electrons. The minimum absolute atomic E-state index is 0.0476. The molecule has 0 radical (unpaired) electrons. The van der Waals surface area contributed by atoms with Crippen LogP contribution in [0.2, 0.25) is 0 Å². The minimum atomic E-state index is -1.11. The van der Waals surface area contributed by atoms with Crippen molar-refractivity contribution in [2.45, 2.75) is 69.0 Å². The van der Waals surface area contributed by atoms with E-state index in [1.54, 1.807) is 13.1 Å². The molecule has 0 spiro atoms. The molecule has 3 aromatic heterocycles. The summed E-state index contributed by atoms with van der Waals surface area (Å²) in [5.41, 5.74) is -0.723. The maximum Gasteiger partial charge on any atom is 0.262 e. The highest BCUT2D eigenvalue weighted by molar-refractivity contribution is 5.73. The third-order valence-corrected chi connectivity index (χ3v) is 6.14. The van der Waals surface area contributed by atoms with Gasteiger partial charge in [-0.2, -0.15) is 5.10 Å². The van der Waals surface area contributed by atoms with Crippen LogP contribution in [0.5, 0.6) is 0 Å². The van der Waals surface area contributed by atoms with Gasteiger partial charge in [-0.1, -0.05) is 0 Å². The van der Waals surface area contributed by atoms with Crippen molar-refractivity contribution < 1.29 is 8.81 Å². The zero-order chi connectivity index (χ0) is 18.6. The van der Waals surface area contributed by atoms with Gasteiger partial charge in [-0.15, -0.1) is 10.2 Å². The van der Waals surface area contributed by atoms with Crippen LogP contribution in [0.4, 0.5) is 4.39 Å². The van der Waals surface area contributed by atoms with Crippen LogP contribution in [-0.4, -0.2) is 35.6 Å². The lowest BCUT2D eigenvalue weighted by atomic mass is 9.73. The molecule has 0 amide bonds. The lowest BCUT2D eigenvalue weighted by Gasteiger charge is -2.33. The normalized spacial score (nSPS) is 31.1. The van der Waals surface area contributed by atoms with Crippen LogP contribution < -0.4 is 5.56 Å². The molecule has 1 N–H and O–H groups in total. The second-order valence-electron chi connectivity index (χ2n) is 7.99. The molecule has 8 nitrogen and oxygen atoms in total. The van der Waals surface area contributed by atoms with E-state index in [-0.39, 0.29) is 23.4 Å². The van der Waals surface area contributed by atoms with Crippen molar-refractivity contribution in [3.8, 4) is 0 Å². The number of alkyl halides is 1. The maximum atomic E-state index is 14.1. The summed E-state index contributed by atoms with van der Waals surface area (Å²) < 4.78 is 21.3. The Kier molecular flexibility index (Phi) is 3.66. The standard InChI is InChI=1S/C18H21FN6O2/c1-18(19)6-4-10(5-7-18)25-15-13(8-21-25)16(26)23-14(22-15)11-2-3-12(11)17-24-20-9-27-17/h8-12H,2-7H2,1H3,(H,22,23,26). The molecule has 0 aliphatic heterocycles. The van der Waals surface area contributed by atoms with Gasteiger partial charge in [0, 0.05) is 11.8 Å². The predicted octanol–water partition coefficient (Wildman–Crippen LogP) is 3.01. The monoisotopic (exact) mass is 372 g/mol. The van der Waals surface area contributed by atoms with E-state index in [2.05, 4.69) is 20.3 Å². The Balaban J connectivity index is 1.50. The first-order chi connectivity index (χ1) is 13.0. The lowest BCUT2D eigenvalue weighted by molar-refractivity contribution is 0.103. The fourth-order valence-corrected chi connectivity index (χ4v) is 4.31. The summed E-state index contributed by atoms with van der Waals surface area (Å²) in [5, 5.41) is 12.6. The second-order valence-corrected chi connectivity index (χ2v) is 7.99. The average molecular weight is 372 g/mol. The van der Waals surface area contributed by atoms with Crippen molar-refractivity contribution >= 4 is 11.0 Å². The van der Waals surface area contributed by atoms with Crippen molar-refractivity contribution in [2.24, 2.45) is 0 Å². The van der Waals surface area contributed by atoms with E-state index in [1.165, 1.54) is 6.39 Å². The number of aromatic nitrogens is 6. The molecule has 27 heavy (non-hydrogen) atoms. The van der Waals surface area contributed by atoms with E-state index in [4.69, 9.17) is 9.40 Å². The molecule has 9 heteroatoms. The van der Waals surface area contributed by atoms with Crippen molar-refractivity contribution in [3.63, 3.8) is 0 Å². The largest absolute Gasteiger partial charge is 0.428 e. The summed E-state index contributed by atoms with van der Waals surface area (Å²) in [6.45, 7) is 1.65. The molecule has 2 unspecified atom stereocenters. The first kappa shape index (κ1) is 16.6. The van der Waals surface area contributed by atoms with Crippen LogP contribution in [0.25, 0.3) is 11.0 Å². The Morgan fingerprint density at radius 2 is 2.04 bits per heavy atom. The molecule has 2 aliphatic carbocycles. The molecule has 3 heterocycles. The quantitative estimate of drug-likeness (QED) is 0.758. The highest BCUT2D eigenvalue weighted by Crippen LogP contribution is 2.47. The Morgan fingerprint density at radius 3 is 2.70 bits per heavy atom. The van der Waals surface area contributed by atoms with Gasteiger partial charge < -0.3 is 9.40 Å². The smallest absolute Gasteiger partial charge is 0.262 e. The minimum Gasteiger partial charge on any atom is -0.428 e. The van der Waals surface area contributed by atoms with E-state index < -0.39 is 5.67 Å². The van der Waals surface area contributed by atoms with Crippen LogP contribution in [0.1, 0.15) is 75.0 Å². The number of hydrogen-bond acceptors (Lipinski definition) is 6. The van der Waals surface area contributed by atoms with Crippen LogP contribution in [0, 0.1) is 0 Å². The van der Waals surface area contributed by atoms with Gasteiger partial charge in [0.05, 0.1) is 12.2 Å². The zero-order valence-corrected chi connectivity index (χ0v) is 15.1. The predicted molar refractivity (Wildman–Crippen MR) is 94.2 cm³/mol. The number of hydrogen-bond donors (Lipinski definition) is 1. The summed E-state index contributed by atoms with van der Waals surface area (Å²) in [5.74, 6) is 1.34. The van der Waals surface area contributed by atoms with E-state index in [0.29, 0.717) is 48.4 Å². The third kappa shape index (κ3) is 2.76. The molecule has 2 fully saturated rings. The van der Waals surface area contributed by atoms with E-state index >= 15 is 0 Å². The van der Waals surface area contributed by atoms with Crippen LogP contribution in [0.3, 0.4) is 0 Å². The summed E-state index contributed by atoms with van der Waals surface area (Å²) in [6.07, 6.45) is 7.09. The number of nitrogens with one attached hydrogen (secondary N) is 1. The van der Waals surface area contributed by atoms with Gasteiger partial charge in [-0.05, 0) is 45.4 Å². The molecule has 3 aromatic rings. The number of nitrogens with zero attached hydrogens (tertiary/aromatic N) is 5. The Hall–Kier alpha value is -2.58. The second kappa shape index (κ2) is 5.97. The van der Waals surface area contributed by atoms with E-state index in [1.807, 2.05) is 4.68 Å². The fourth-order valence-electron chi connectivity index (χ4n) is 4.31. The van der Waals surface area contributed by atoms with Crippen LogP contribution in [-0.2, 0) is 0 Å². The lowest BCUT2D eigenvalue weighted by Crippen LogP contribution is -2.29. The number of H-pyrrole nitrogens is 1. The molecule has 2 saturated carbocycles. The van der Waals surface area contributed by atoms with E-state index in [9.17, 15) is 9.18 Å². The maximum absolute atomic E-state index is 14.1.